The largest absolute Gasteiger partial charge is 0.494 e. The molecule has 1 fully saturated rings. The van der Waals surface area contributed by atoms with Crippen molar-refractivity contribution in [1.82, 2.24) is 40.2 Å². The van der Waals surface area contributed by atoms with Gasteiger partial charge in [0.25, 0.3) is 34.7 Å². The van der Waals surface area contributed by atoms with Crippen LogP contribution in [0.25, 0.3) is 32.7 Å². The lowest BCUT2D eigenvalue weighted by Crippen LogP contribution is -2.41. The average Bonchev–Trinajstić information content (AvgIpc) is 3.83. The van der Waals surface area contributed by atoms with Gasteiger partial charge in [-0.1, -0.05) is 42.5 Å². The number of nitrogens with one attached hydrogen (secondary N) is 2. The highest BCUT2D eigenvalue weighted by atomic mass is 127. The van der Waals surface area contributed by atoms with Crippen LogP contribution in [0.5, 0.6) is 0 Å². The zero-order chi connectivity index (χ0) is 49.6. The quantitative estimate of drug-likeness (QED) is 0.0922. The number of nitrogens with zero attached hydrogens (tertiary/aromatic N) is 6. The molecule has 70 heavy (non-hydrogen) atoms. The number of imide groups is 2. The molecule has 4 aromatic carbocycles. The summed E-state index contributed by atoms with van der Waals surface area (Å²) in [5.41, 5.74) is 3.03. The number of H-pyrrole nitrogens is 2. The summed E-state index contributed by atoms with van der Waals surface area (Å²) in [6, 6.07) is 27.9. The van der Waals surface area contributed by atoms with Gasteiger partial charge in [-0.3, -0.25) is 48.5 Å². The van der Waals surface area contributed by atoms with Crippen LogP contribution in [0.1, 0.15) is 80.5 Å². The summed E-state index contributed by atoms with van der Waals surface area (Å²) in [5.74, 6) is -1.50. The fraction of sp³-hybridized carbons (Fsp3) is 0.160. The van der Waals surface area contributed by atoms with Crippen LogP contribution in [0.15, 0.2) is 140 Å². The standard InChI is InChI=1S/C23H22BN3O5.C22H13BrN4O3.C5H3BrIN/c1-22(2)23(3,4)32-24(31-22)13-9-10-14-17(11-13)18(25-26-19(14)28)12-27-20(29)15-7-5-6-8-16(15)21(27)30;23-14-7-13(9-24-10-14)12-5-6-15-18(8-12)19(25-26-20(15)28)11-27-21(29)16-3-1-2-4-17(16)22(27)30;6-4-1-5(7)3-8-2-4/h5-11H,12H2,1-4H3,(H,26,28);1-10H,11H2,(H,26,28);1-3H. The van der Waals surface area contributed by atoms with Crippen molar-refractivity contribution in [3.63, 3.8) is 0 Å². The second-order valence-electron chi connectivity index (χ2n) is 17.3. The van der Waals surface area contributed by atoms with Gasteiger partial charge in [-0.15, -0.1) is 0 Å². The number of benzene rings is 4. The molecule has 0 saturated carbocycles. The van der Waals surface area contributed by atoms with Crippen LogP contribution < -0.4 is 16.6 Å². The Morgan fingerprint density at radius 1 is 0.543 bits per heavy atom. The molecule has 4 amide bonds. The summed E-state index contributed by atoms with van der Waals surface area (Å²) in [6.07, 6.45) is 6.98. The summed E-state index contributed by atoms with van der Waals surface area (Å²) in [4.78, 5) is 86.1. The monoisotopic (exact) mass is 1170 g/mol. The van der Waals surface area contributed by atoms with E-state index in [0.717, 1.165) is 38.9 Å². The van der Waals surface area contributed by atoms with Crippen LogP contribution in [0.4, 0.5) is 0 Å². The van der Waals surface area contributed by atoms with Crippen LogP contribution in [-0.4, -0.2) is 82.1 Å². The molecule has 11 rings (SSSR count). The summed E-state index contributed by atoms with van der Waals surface area (Å²) in [6.45, 7) is 7.76. The number of carbonyl (C=O) groups is 4. The highest BCUT2D eigenvalue weighted by molar-refractivity contribution is 14.1. The lowest BCUT2D eigenvalue weighted by molar-refractivity contribution is 0.00578. The van der Waals surface area contributed by atoms with Crippen molar-refractivity contribution in [2.75, 3.05) is 0 Å². The van der Waals surface area contributed by atoms with Gasteiger partial charge in [-0.2, -0.15) is 10.2 Å². The Kier molecular flexibility index (Phi) is 13.4. The predicted molar refractivity (Wildman–Crippen MR) is 277 cm³/mol. The average molecular weight is 1180 g/mol. The zero-order valence-corrected chi connectivity index (χ0v) is 43.0. The Bertz CT molecular complexity index is 3490. The smallest absolute Gasteiger partial charge is 0.399 e. The molecule has 8 aromatic rings. The molecule has 20 heteroatoms. The van der Waals surface area contributed by atoms with E-state index in [2.05, 4.69) is 84.8 Å². The van der Waals surface area contributed by atoms with Gasteiger partial charge in [0.2, 0.25) is 0 Å². The van der Waals surface area contributed by atoms with Gasteiger partial charge in [0.05, 0.1) is 68.7 Å². The molecule has 7 heterocycles. The number of hydrogen-bond acceptors (Lipinski definition) is 12. The zero-order valence-electron chi connectivity index (χ0n) is 37.6. The van der Waals surface area contributed by atoms with E-state index in [0.29, 0.717) is 55.2 Å². The first-order chi connectivity index (χ1) is 33.4. The number of amides is 4. The summed E-state index contributed by atoms with van der Waals surface area (Å²) < 4.78 is 15.3. The van der Waals surface area contributed by atoms with E-state index in [-0.39, 0.29) is 47.8 Å². The minimum absolute atomic E-state index is 0.0419. The van der Waals surface area contributed by atoms with Crippen molar-refractivity contribution in [1.29, 1.82) is 0 Å². The second kappa shape index (κ2) is 19.3. The lowest BCUT2D eigenvalue weighted by atomic mass is 9.78. The number of carbonyl (C=O) groups excluding carboxylic acids is 4. The van der Waals surface area contributed by atoms with Gasteiger partial charge in [-0.25, -0.2) is 10.2 Å². The molecule has 0 spiro atoms. The normalized spacial score (nSPS) is 15.4. The number of aromatic amines is 2. The first kappa shape index (κ1) is 48.4. The molecule has 3 aliphatic rings. The Morgan fingerprint density at radius 3 is 1.43 bits per heavy atom. The number of aromatic nitrogens is 6. The number of rotatable bonds is 6. The Hall–Kier alpha value is -6.59. The third kappa shape index (κ3) is 9.40. The number of hydrogen-bond donors (Lipinski definition) is 2. The van der Waals surface area contributed by atoms with Gasteiger partial charge in [0.1, 0.15) is 0 Å². The van der Waals surface area contributed by atoms with Crippen molar-refractivity contribution in [2.45, 2.75) is 52.0 Å². The van der Waals surface area contributed by atoms with Gasteiger partial charge < -0.3 is 9.31 Å². The number of pyridine rings is 2. The molecule has 2 N–H and O–H groups in total. The minimum Gasteiger partial charge on any atom is -0.399 e. The van der Waals surface area contributed by atoms with Crippen LogP contribution >= 0.6 is 54.5 Å². The van der Waals surface area contributed by atoms with Crippen molar-refractivity contribution in [3.05, 3.63) is 189 Å². The van der Waals surface area contributed by atoms with E-state index in [1.807, 2.05) is 58.2 Å². The summed E-state index contributed by atoms with van der Waals surface area (Å²) in [7, 11) is -0.615. The highest BCUT2D eigenvalue weighted by Gasteiger charge is 2.52. The maximum absolute atomic E-state index is 12.8. The molecular formula is C50H38BBr2IN8O8. The van der Waals surface area contributed by atoms with Crippen molar-refractivity contribution >= 4 is 112 Å². The molecule has 3 aliphatic heterocycles. The molecule has 0 radical (unpaired) electrons. The van der Waals surface area contributed by atoms with E-state index in [4.69, 9.17) is 9.31 Å². The van der Waals surface area contributed by atoms with Crippen LogP contribution in [0.3, 0.4) is 0 Å². The molecule has 0 bridgehead atoms. The predicted octanol–water partition coefficient (Wildman–Crippen LogP) is 8.01. The minimum atomic E-state index is -0.615. The Labute approximate surface area is 429 Å². The molecular weight excluding hydrogens is 1140 g/mol. The van der Waals surface area contributed by atoms with Crippen molar-refractivity contribution < 1.29 is 28.5 Å². The molecule has 0 unspecified atom stereocenters. The fourth-order valence-electron chi connectivity index (χ4n) is 8.02. The number of halogens is 3. The molecule has 0 atom stereocenters. The van der Waals surface area contributed by atoms with E-state index in [1.54, 1.807) is 91.4 Å². The van der Waals surface area contributed by atoms with Gasteiger partial charge in [-0.05, 0) is 148 Å². The highest BCUT2D eigenvalue weighted by Crippen LogP contribution is 2.37. The van der Waals surface area contributed by atoms with E-state index in [9.17, 15) is 28.8 Å². The van der Waals surface area contributed by atoms with Crippen molar-refractivity contribution in [2.24, 2.45) is 0 Å². The number of fused-ring (bicyclic) bond motifs is 4. The maximum Gasteiger partial charge on any atom is 0.494 e. The van der Waals surface area contributed by atoms with Crippen LogP contribution in [-0.2, 0) is 22.4 Å². The maximum atomic E-state index is 12.8. The Balaban J connectivity index is 0.000000150. The van der Waals surface area contributed by atoms with Crippen molar-refractivity contribution in [3.8, 4) is 11.1 Å². The topological polar surface area (TPSA) is 210 Å². The second-order valence-corrected chi connectivity index (χ2v) is 20.4. The third-order valence-electron chi connectivity index (χ3n) is 12.4. The van der Waals surface area contributed by atoms with E-state index >= 15 is 0 Å². The molecule has 1 saturated heterocycles. The summed E-state index contributed by atoms with van der Waals surface area (Å²) in [5, 5.41) is 15.2. The van der Waals surface area contributed by atoms with E-state index in [1.165, 1.54) is 0 Å². The Morgan fingerprint density at radius 2 is 0.986 bits per heavy atom. The molecule has 350 valence electrons. The SMILES string of the molecule is Brc1cncc(I)c1.CC1(C)OB(c2ccc3c(=O)[nH]nc(CN4C(=O)c5ccccc5C4=O)c3c2)OC1(C)C.O=C1c2ccccc2C(=O)N1Cc1n[nH]c(=O)c2ccc(-c3cncc(Br)c3)cc12. The lowest BCUT2D eigenvalue weighted by Gasteiger charge is -2.32. The fourth-order valence-corrected chi connectivity index (χ4v) is 9.68. The molecule has 16 nitrogen and oxygen atoms in total. The van der Waals surface area contributed by atoms with E-state index < -0.39 is 18.3 Å². The molecule has 4 aromatic heterocycles. The van der Waals surface area contributed by atoms with Gasteiger partial charge in [0.15, 0.2) is 0 Å². The first-order valence-corrected chi connectivity index (χ1v) is 24.2. The van der Waals surface area contributed by atoms with Crippen LogP contribution in [0.2, 0.25) is 0 Å². The van der Waals surface area contributed by atoms with Gasteiger partial charge >= 0.3 is 7.12 Å². The third-order valence-corrected chi connectivity index (χ3v) is 13.8. The molecule has 0 aliphatic carbocycles. The summed E-state index contributed by atoms with van der Waals surface area (Å²) >= 11 is 8.92. The first-order valence-electron chi connectivity index (χ1n) is 21.6. The van der Waals surface area contributed by atoms with Crippen LogP contribution in [0, 0.1) is 3.57 Å². The van der Waals surface area contributed by atoms with Gasteiger partial charge in [0, 0.05) is 53.6 Å².